The van der Waals surface area contributed by atoms with Crippen LogP contribution in [0.3, 0.4) is 0 Å². The molecule has 0 saturated heterocycles. The van der Waals surface area contributed by atoms with Gasteiger partial charge in [-0.15, -0.1) is 0 Å². The molecule has 3 aromatic rings. The Labute approximate surface area is 149 Å². The maximum absolute atomic E-state index is 12.4. The molecule has 0 bridgehead atoms. The van der Waals surface area contributed by atoms with E-state index in [9.17, 15) is 9.59 Å². The second kappa shape index (κ2) is 6.44. The number of fused-ring (bicyclic) bond motifs is 2. The van der Waals surface area contributed by atoms with Crippen molar-refractivity contribution in [3.05, 3.63) is 60.3 Å². The number of benzene rings is 2. The summed E-state index contributed by atoms with van der Waals surface area (Å²) in [6, 6.07) is 14.4. The molecular weight excluding hydrogens is 334 g/mol. The third kappa shape index (κ3) is 2.83. The molecular formula is C19H17N3O4. The third-order valence-corrected chi connectivity index (χ3v) is 4.27. The summed E-state index contributed by atoms with van der Waals surface area (Å²) in [7, 11) is 1.91. The maximum Gasteiger partial charge on any atom is 0.283 e. The minimum Gasteiger partial charge on any atom is -0.485 e. The Morgan fingerprint density at radius 2 is 1.85 bits per heavy atom. The van der Waals surface area contributed by atoms with Crippen molar-refractivity contribution >= 4 is 22.7 Å². The topological polar surface area (TPSA) is 81.6 Å². The highest BCUT2D eigenvalue weighted by Gasteiger charge is 2.27. The van der Waals surface area contributed by atoms with Crippen LogP contribution >= 0.6 is 0 Å². The summed E-state index contributed by atoms with van der Waals surface area (Å²) in [5.74, 6) is 0.219. The minimum atomic E-state index is -0.835. The van der Waals surface area contributed by atoms with Crippen LogP contribution in [0.15, 0.2) is 54.7 Å². The molecule has 2 aromatic carbocycles. The van der Waals surface area contributed by atoms with Crippen molar-refractivity contribution in [1.82, 2.24) is 15.4 Å². The van der Waals surface area contributed by atoms with Gasteiger partial charge in [-0.3, -0.25) is 20.4 Å². The van der Waals surface area contributed by atoms with Gasteiger partial charge in [-0.05, 0) is 30.3 Å². The van der Waals surface area contributed by atoms with Crippen molar-refractivity contribution in [1.29, 1.82) is 0 Å². The van der Waals surface area contributed by atoms with Crippen LogP contribution in [0.2, 0.25) is 0 Å². The summed E-state index contributed by atoms with van der Waals surface area (Å²) >= 11 is 0. The molecule has 0 fully saturated rings. The van der Waals surface area contributed by atoms with Crippen molar-refractivity contribution in [2.24, 2.45) is 7.05 Å². The zero-order valence-corrected chi connectivity index (χ0v) is 14.1. The van der Waals surface area contributed by atoms with Gasteiger partial charge in [0.25, 0.3) is 11.8 Å². The first-order valence-corrected chi connectivity index (χ1v) is 8.16. The van der Waals surface area contributed by atoms with E-state index in [1.54, 1.807) is 30.3 Å². The number of nitrogens with one attached hydrogen (secondary N) is 2. The van der Waals surface area contributed by atoms with E-state index in [-0.39, 0.29) is 6.61 Å². The van der Waals surface area contributed by atoms with E-state index in [0.29, 0.717) is 17.1 Å². The Balaban J connectivity index is 1.42. The number of carbonyl (C=O) groups is 2. The van der Waals surface area contributed by atoms with Gasteiger partial charge in [0.2, 0.25) is 6.10 Å². The van der Waals surface area contributed by atoms with Crippen LogP contribution in [0, 0.1) is 0 Å². The summed E-state index contributed by atoms with van der Waals surface area (Å²) in [5, 5.41) is 0.813. The molecule has 1 aliphatic heterocycles. The van der Waals surface area contributed by atoms with Gasteiger partial charge in [0.1, 0.15) is 6.61 Å². The molecule has 2 N–H and O–H groups in total. The van der Waals surface area contributed by atoms with Crippen LogP contribution in [0.5, 0.6) is 11.5 Å². The Hall–Kier alpha value is -3.48. The Morgan fingerprint density at radius 1 is 1.04 bits per heavy atom. The first-order chi connectivity index (χ1) is 12.6. The van der Waals surface area contributed by atoms with Crippen LogP contribution in [0.4, 0.5) is 0 Å². The van der Waals surface area contributed by atoms with Crippen LogP contribution in [0.25, 0.3) is 10.9 Å². The largest absolute Gasteiger partial charge is 0.485 e. The first-order valence-electron chi connectivity index (χ1n) is 8.16. The first kappa shape index (κ1) is 16.0. The van der Waals surface area contributed by atoms with Crippen molar-refractivity contribution in [3.63, 3.8) is 0 Å². The molecule has 0 saturated carbocycles. The molecule has 1 unspecified atom stereocenters. The van der Waals surface area contributed by atoms with Crippen LogP contribution in [0.1, 0.15) is 10.4 Å². The van der Waals surface area contributed by atoms with E-state index in [2.05, 4.69) is 10.9 Å². The van der Waals surface area contributed by atoms with Gasteiger partial charge >= 0.3 is 0 Å². The quantitative estimate of drug-likeness (QED) is 0.690. The highest BCUT2D eigenvalue weighted by atomic mass is 16.6. The van der Waals surface area contributed by atoms with Crippen molar-refractivity contribution in [3.8, 4) is 11.5 Å². The van der Waals surface area contributed by atoms with Crippen molar-refractivity contribution in [2.45, 2.75) is 6.10 Å². The van der Waals surface area contributed by atoms with Crippen LogP contribution in [-0.4, -0.2) is 29.1 Å². The van der Waals surface area contributed by atoms with Gasteiger partial charge in [0.15, 0.2) is 11.5 Å². The van der Waals surface area contributed by atoms with Gasteiger partial charge in [-0.25, -0.2) is 0 Å². The van der Waals surface area contributed by atoms with Gasteiger partial charge in [0.05, 0.1) is 5.56 Å². The summed E-state index contributed by atoms with van der Waals surface area (Å²) in [4.78, 5) is 24.7. The van der Waals surface area contributed by atoms with E-state index in [4.69, 9.17) is 9.47 Å². The number of hydrogen-bond donors (Lipinski definition) is 2. The van der Waals surface area contributed by atoms with E-state index < -0.39 is 17.9 Å². The number of para-hydroxylation sites is 2. The fraction of sp³-hybridized carbons (Fsp3) is 0.158. The summed E-state index contributed by atoms with van der Waals surface area (Å²) < 4.78 is 13.0. The molecule has 1 atom stereocenters. The number of carbonyl (C=O) groups excluding carboxylic acids is 2. The van der Waals surface area contributed by atoms with Crippen molar-refractivity contribution < 1.29 is 19.1 Å². The van der Waals surface area contributed by atoms with Gasteiger partial charge in [-0.2, -0.15) is 0 Å². The minimum absolute atomic E-state index is 0.0764. The van der Waals surface area contributed by atoms with E-state index in [0.717, 1.165) is 10.9 Å². The number of rotatable bonds is 2. The number of amides is 2. The normalized spacial score (nSPS) is 15.5. The molecule has 132 valence electrons. The molecule has 1 aromatic heterocycles. The van der Waals surface area contributed by atoms with Gasteiger partial charge in [0, 0.05) is 24.1 Å². The molecule has 7 heteroatoms. The third-order valence-electron chi connectivity index (χ3n) is 4.27. The predicted octanol–water partition coefficient (Wildman–Crippen LogP) is 1.78. The lowest BCUT2D eigenvalue weighted by Gasteiger charge is -2.25. The number of hydrazine groups is 1. The van der Waals surface area contributed by atoms with Crippen molar-refractivity contribution in [2.75, 3.05) is 6.61 Å². The molecule has 2 amide bonds. The fourth-order valence-electron chi connectivity index (χ4n) is 2.92. The molecule has 2 heterocycles. The van der Waals surface area contributed by atoms with E-state index >= 15 is 0 Å². The standard InChI is InChI=1S/C19H17N3O4/c1-22-10-9-12-13(5-4-6-14(12)22)18(23)20-21-19(24)17-11-25-15-7-2-3-8-16(15)26-17/h2-10,17H,11H2,1H3,(H,20,23)(H,21,24). The molecule has 0 spiro atoms. The molecule has 1 aliphatic rings. The number of aryl methyl sites for hydroxylation is 1. The van der Waals surface area contributed by atoms with Crippen LogP contribution < -0.4 is 20.3 Å². The summed E-state index contributed by atoms with van der Waals surface area (Å²) in [5.41, 5.74) is 6.26. The smallest absolute Gasteiger partial charge is 0.283 e. The maximum atomic E-state index is 12.4. The fourth-order valence-corrected chi connectivity index (χ4v) is 2.92. The number of ether oxygens (including phenoxy) is 2. The summed E-state index contributed by atoms with van der Waals surface area (Å²) in [6.07, 6.45) is 1.04. The Morgan fingerprint density at radius 3 is 2.69 bits per heavy atom. The average Bonchev–Trinajstić information content (AvgIpc) is 3.06. The van der Waals surface area contributed by atoms with Gasteiger partial charge < -0.3 is 14.0 Å². The summed E-state index contributed by atoms with van der Waals surface area (Å²) in [6.45, 7) is 0.0764. The lowest BCUT2D eigenvalue weighted by molar-refractivity contribution is -0.131. The molecule has 0 aliphatic carbocycles. The number of hydrogen-bond acceptors (Lipinski definition) is 4. The number of nitrogens with zero attached hydrogens (tertiary/aromatic N) is 1. The highest BCUT2D eigenvalue weighted by Crippen LogP contribution is 2.30. The molecule has 4 rings (SSSR count). The molecule has 7 nitrogen and oxygen atoms in total. The lowest BCUT2D eigenvalue weighted by Crippen LogP contribution is -2.50. The SMILES string of the molecule is Cn1ccc2c(C(=O)NNC(=O)C3COc4ccccc4O3)cccc21. The zero-order valence-electron chi connectivity index (χ0n) is 14.1. The van der Waals surface area contributed by atoms with Crippen LogP contribution in [-0.2, 0) is 11.8 Å². The average molecular weight is 351 g/mol. The van der Waals surface area contributed by atoms with Gasteiger partial charge in [-0.1, -0.05) is 18.2 Å². The van der Waals surface area contributed by atoms with E-state index in [1.807, 2.05) is 36.0 Å². The Bertz CT molecular complexity index is 995. The highest BCUT2D eigenvalue weighted by molar-refractivity contribution is 6.07. The molecule has 26 heavy (non-hydrogen) atoms. The Kier molecular flexibility index (Phi) is 3.96. The second-order valence-corrected chi connectivity index (χ2v) is 5.97. The zero-order chi connectivity index (χ0) is 18.1. The second-order valence-electron chi connectivity index (χ2n) is 5.97. The predicted molar refractivity (Wildman–Crippen MR) is 94.9 cm³/mol. The lowest BCUT2D eigenvalue weighted by atomic mass is 10.1. The monoisotopic (exact) mass is 351 g/mol. The number of aromatic nitrogens is 1. The van der Waals surface area contributed by atoms with E-state index in [1.165, 1.54) is 0 Å². The molecule has 0 radical (unpaired) electrons.